The van der Waals surface area contributed by atoms with Gasteiger partial charge in [-0.2, -0.15) is 0 Å². The van der Waals surface area contributed by atoms with Crippen LogP contribution in [0.3, 0.4) is 0 Å². The number of hydrogen-bond acceptors (Lipinski definition) is 2. The zero-order valence-corrected chi connectivity index (χ0v) is 14.1. The predicted molar refractivity (Wildman–Crippen MR) is 88.0 cm³/mol. The van der Waals surface area contributed by atoms with Crippen LogP contribution in [0.5, 0.6) is 0 Å². The zero-order chi connectivity index (χ0) is 15.0. The van der Waals surface area contributed by atoms with Crippen molar-refractivity contribution in [2.45, 2.75) is 52.2 Å². The van der Waals surface area contributed by atoms with Crippen LogP contribution in [0.15, 0.2) is 18.2 Å². The van der Waals surface area contributed by atoms with Gasteiger partial charge in [-0.1, -0.05) is 49.5 Å². The van der Waals surface area contributed by atoms with Crippen molar-refractivity contribution in [2.24, 2.45) is 0 Å². The average molecular weight is 318 g/mol. The molecule has 0 bridgehead atoms. The molecule has 2 nitrogen and oxygen atoms in total. The van der Waals surface area contributed by atoms with Crippen LogP contribution >= 0.6 is 23.2 Å². The molecule has 0 aliphatic heterocycles. The number of likely N-dealkylation sites (N-methyl/N-ethyl adjacent to an activating group) is 1. The molecule has 1 rings (SSSR count). The Morgan fingerprint density at radius 3 is 2.50 bits per heavy atom. The Bertz CT molecular complexity index is 392. The van der Waals surface area contributed by atoms with Crippen LogP contribution < -0.4 is 5.32 Å². The van der Waals surface area contributed by atoms with Crippen molar-refractivity contribution in [1.29, 1.82) is 0 Å². The number of halogens is 2. The van der Waals surface area contributed by atoms with E-state index in [1.807, 2.05) is 19.1 Å². The van der Waals surface area contributed by atoms with E-state index in [0.717, 1.165) is 43.0 Å². The van der Waals surface area contributed by atoms with Crippen molar-refractivity contribution in [3.8, 4) is 0 Å². The minimum atomic E-state index is 0.219. The number of ether oxygens (including phenoxy) is 1. The third-order valence-electron chi connectivity index (χ3n) is 3.32. The molecule has 2 unspecified atom stereocenters. The summed E-state index contributed by atoms with van der Waals surface area (Å²) in [4.78, 5) is 0. The third kappa shape index (κ3) is 5.61. The molecule has 0 amide bonds. The van der Waals surface area contributed by atoms with Crippen LogP contribution in [-0.4, -0.2) is 25.3 Å². The second kappa shape index (κ2) is 9.62. The van der Waals surface area contributed by atoms with Gasteiger partial charge >= 0.3 is 0 Å². The molecule has 2 atom stereocenters. The monoisotopic (exact) mass is 317 g/mol. The van der Waals surface area contributed by atoms with E-state index in [4.69, 9.17) is 27.9 Å². The molecule has 1 aromatic carbocycles. The highest BCUT2D eigenvalue weighted by Crippen LogP contribution is 2.23. The molecule has 0 aromatic heterocycles. The van der Waals surface area contributed by atoms with E-state index >= 15 is 0 Å². The van der Waals surface area contributed by atoms with Gasteiger partial charge in [0, 0.05) is 22.7 Å². The Morgan fingerprint density at radius 2 is 1.95 bits per heavy atom. The minimum absolute atomic E-state index is 0.219. The molecule has 0 heterocycles. The quantitative estimate of drug-likeness (QED) is 0.711. The lowest BCUT2D eigenvalue weighted by molar-refractivity contribution is 0.0286. The second-order valence-corrected chi connectivity index (χ2v) is 5.73. The van der Waals surface area contributed by atoms with Gasteiger partial charge in [0.2, 0.25) is 0 Å². The maximum atomic E-state index is 6.28. The zero-order valence-electron chi connectivity index (χ0n) is 12.6. The summed E-state index contributed by atoms with van der Waals surface area (Å²) in [5, 5.41) is 4.93. The summed E-state index contributed by atoms with van der Waals surface area (Å²) < 4.78 is 5.90. The van der Waals surface area contributed by atoms with Gasteiger partial charge in [-0.3, -0.25) is 0 Å². The van der Waals surface area contributed by atoms with Crippen molar-refractivity contribution in [2.75, 3.05) is 13.2 Å². The first-order chi connectivity index (χ1) is 9.62. The Kier molecular flexibility index (Phi) is 8.55. The van der Waals surface area contributed by atoms with E-state index in [1.165, 1.54) is 0 Å². The minimum Gasteiger partial charge on any atom is -0.377 e. The van der Waals surface area contributed by atoms with Crippen molar-refractivity contribution in [3.63, 3.8) is 0 Å². The van der Waals surface area contributed by atoms with E-state index in [9.17, 15) is 0 Å². The van der Waals surface area contributed by atoms with Gasteiger partial charge in [0.15, 0.2) is 0 Å². The fourth-order valence-electron chi connectivity index (χ4n) is 2.42. The van der Waals surface area contributed by atoms with Crippen molar-refractivity contribution < 1.29 is 4.74 Å². The van der Waals surface area contributed by atoms with E-state index in [0.29, 0.717) is 5.02 Å². The molecule has 4 heteroatoms. The lowest BCUT2D eigenvalue weighted by Crippen LogP contribution is -2.43. The SMILES string of the molecule is CCCC(OCC)C(Cc1ccc(Cl)cc1Cl)NCC. The van der Waals surface area contributed by atoms with Gasteiger partial charge in [0.25, 0.3) is 0 Å². The van der Waals surface area contributed by atoms with Gasteiger partial charge in [0.1, 0.15) is 0 Å². The highest BCUT2D eigenvalue weighted by Gasteiger charge is 2.21. The molecule has 0 aliphatic carbocycles. The molecule has 1 aromatic rings. The van der Waals surface area contributed by atoms with Crippen LogP contribution in [-0.2, 0) is 11.2 Å². The lowest BCUT2D eigenvalue weighted by Gasteiger charge is -2.28. The molecule has 0 saturated carbocycles. The third-order valence-corrected chi connectivity index (χ3v) is 3.91. The molecular formula is C16H25Cl2NO. The summed E-state index contributed by atoms with van der Waals surface area (Å²) in [6, 6.07) is 5.97. The molecule has 0 radical (unpaired) electrons. The maximum Gasteiger partial charge on any atom is 0.0731 e. The van der Waals surface area contributed by atoms with Gasteiger partial charge in [-0.05, 0) is 44.0 Å². The fourth-order valence-corrected chi connectivity index (χ4v) is 2.91. The highest BCUT2D eigenvalue weighted by molar-refractivity contribution is 6.35. The summed E-state index contributed by atoms with van der Waals surface area (Å²) in [5.41, 5.74) is 1.11. The van der Waals surface area contributed by atoms with E-state index < -0.39 is 0 Å². The Morgan fingerprint density at radius 1 is 1.20 bits per heavy atom. The molecule has 20 heavy (non-hydrogen) atoms. The lowest BCUT2D eigenvalue weighted by atomic mass is 9.98. The number of benzene rings is 1. The van der Waals surface area contributed by atoms with Gasteiger partial charge < -0.3 is 10.1 Å². The average Bonchev–Trinajstić information content (AvgIpc) is 2.41. The van der Waals surface area contributed by atoms with E-state index in [-0.39, 0.29) is 12.1 Å². The van der Waals surface area contributed by atoms with Crippen LogP contribution in [0.1, 0.15) is 39.2 Å². The summed E-state index contributed by atoms with van der Waals surface area (Å²) in [6.07, 6.45) is 3.24. The van der Waals surface area contributed by atoms with Crippen LogP contribution in [0.25, 0.3) is 0 Å². The number of rotatable bonds is 9. The van der Waals surface area contributed by atoms with E-state index in [2.05, 4.69) is 19.2 Å². The molecular weight excluding hydrogens is 293 g/mol. The maximum absolute atomic E-state index is 6.28. The summed E-state index contributed by atoms with van der Waals surface area (Å²) >= 11 is 12.2. The first-order valence-corrected chi connectivity index (χ1v) is 8.16. The van der Waals surface area contributed by atoms with Crippen molar-refractivity contribution >= 4 is 23.2 Å². The van der Waals surface area contributed by atoms with Crippen LogP contribution in [0, 0.1) is 0 Å². The smallest absolute Gasteiger partial charge is 0.0731 e. The summed E-state index contributed by atoms with van der Waals surface area (Å²) in [7, 11) is 0. The Balaban J connectivity index is 2.83. The van der Waals surface area contributed by atoms with Gasteiger partial charge in [0.05, 0.1) is 6.10 Å². The number of hydrogen-bond donors (Lipinski definition) is 1. The van der Waals surface area contributed by atoms with Gasteiger partial charge in [-0.15, -0.1) is 0 Å². The highest BCUT2D eigenvalue weighted by atomic mass is 35.5. The predicted octanol–water partition coefficient (Wildman–Crippen LogP) is 4.72. The Labute approximate surface area is 132 Å². The Hall–Kier alpha value is -0.280. The standard InChI is InChI=1S/C16H25Cl2NO/c1-4-7-16(20-6-3)15(19-5-2)10-12-8-9-13(17)11-14(12)18/h8-9,11,15-16,19H,4-7,10H2,1-3H3. The molecule has 0 saturated heterocycles. The van der Waals surface area contributed by atoms with Crippen LogP contribution in [0.4, 0.5) is 0 Å². The largest absolute Gasteiger partial charge is 0.377 e. The van der Waals surface area contributed by atoms with E-state index in [1.54, 1.807) is 6.07 Å². The van der Waals surface area contributed by atoms with Crippen LogP contribution in [0.2, 0.25) is 10.0 Å². The summed E-state index contributed by atoms with van der Waals surface area (Å²) in [6.45, 7) is 8.00. The first-order valence-electron chi connectivity index (χ1n) is 7.41. The molecule has 0 aliphatic rings. The topological polar surface area (TPSA) is 21.3 Å². The molecule has 1 N–H and O–H groups in total. The fraction of sp³-hybridized carbons (Fsp3) is 0.625. The van der Waals surface area contributed by atoms with Crippen molar-refractivity contribution in [3.05, 3.63) is 33.8 Å². The second-order valence-electron chi connectivity index (χ2n) is 4.89. The normalized spacial score (nSPS) is 14.2. The van der Waals surface area contributed by atoms with Gasteiger partial charge in [-0.25, -0.2) is 0 Å². The summed E-state index contributed by atoms with van der Waals surface area (Å²) in [5.74, 6) is 0. The first kappa shape index (κ1) is 17.8. The number of nitrogens with one attached hydrogen (secondary N) is 1. The molecule has 0 spiro atoms. The molecule has 0 fully saturated rings. The molecule has 114 valence electrons. The van der Waals surface area contributed by atoms with Crippen molar-refractivity contribution in [1.82, 2.24) is 5.32 Å².